The van der Waals surface area contributed by atoms with Crippen LogP contribution < -0.4 is 4.74 Å². The number of methoxy groups -OCH3 is 2. The molecule has 0 amide bonds. The zero-order valence-electron chi connectivity index (χ0n) is 10.9. The van der Waals surface area contributed by atoms with E-state index in [2.05, 4.69) is 9.47 Å². The predicted octanol–water partition coefficient (Wildman–Crippen LogP) is 1.04. The first-order chi connectivity index (χ1) is 9.17. The fraction of sp³-hybridized carbons (Fsp3) is 0.385. The summed E-state index contributed by atoms with van der Waals surface area (Å²) in [6.07, 6.45) is 0. The quantitative estimate of drug-likeness (QED) is 0.543. The Morgan fingerprint density at radius 1 is 1.00 bits per heavy atom. The van der Waals surface area contributed by atoms with Crippen LogP contribution in [0.15, 0.2) is 24.3 Å². The zero-order chi connectivity index (χ0) is 14.1. The molecule has 1 rings (SSSR count). The third kappa shape index (κ3) is 5.39. The summed E-state index contributed by atoms with van der Waals surface area (Å²) < 4.78 is 19.4. The minimum absolute atomic E-state index is 0.0961. The van der Waals surface area contributed by atoms with Gasteiger partial charge in [0.05, 0.1) is 26.4 Å². The SMILES string of the molecule is COC(=O)COCCOc1ccc(C(=O)OC)cc1. The molecule has 0 radical (unpaired) electrons. The second kappa shape index (κ2) is 8.10. The highest BCUT2D eigenvalue weighted by molar-refractivity contribution is 5.89. The highest BCUT2D eigenvalue weighted by Gasteiger charge is 2.04. The van der Waals surface area contributed by atoms with Gasteiger partial charge in [-0.15, -0.1) is 0 Å². The molecule has 0 aliphatic rings. The van der Waals surface area contributed by atoms with E-state index in [0.717, 1.165) is 0 Å². The van der Waals surface area contributed by atoms with Crippen molar-refractivity contribution < 1.29 is 28.5 Å². The second-order valence-corrected chi connectivity index (χ2v) is 3.49. The molecule has 1 aromatic carbocycles. The van der Waals surface area contributed by atoms with E-state index in [1.807, 2.05) is 0 Å². The Kier molecular flexibility index (Phi) is 6.38. The van der Waals surface area contributed by atoms with Gasteiger partial charge in [-0.1, -0.05) is 0 Å². The Bertz CT molecular complexity index is 412. The van der Waals surface area contributed by atoms with E-state index in [0.29, 0.717) is 17.9 Å². The number of hydrogen-bond acceptors (Lipinski definition) is 6. The van der Waals surface area contributed by atoms with Gasteiger partial charge in [-0.25, -0.2) is 9.59 Å². The predicted molar refractivity (Wildman–Crippen MR) is 66.1 cm³/mol. The second-order valence-electron chi connectivity index (χ2n) is 3.49. The summed E-state index contributed by atoms with van der Waals surface area (Å²) in [5.41, 5.74) is 0.455. The highest BCUT2D eigenvalue weighted by atomic mass is 16.6. The van der Waals surface area contributed by atoms with E-state index in [1.54, 1.807) is 24.3 Å². The Morgan fingerprint density at radius 3 is 2.26 bits per heavy atom. The van der Waals surface area contributed by atoms with Crippen LogP contribution in [0, 0.1) is 0 Å². The van der Waals surface area contributed by atoms with Crippen LogP contribution in [0.4, 0.5) is 0 Å². The average Bonchev–Trinajstić information content (AvgIpc) is 2.46. The van der Waals surface area contributed by atoms with Crippen LogP contribution in [-0.4, -0.2) is 46.0 Å². The molecular formula is C13H16O6. The van der Waals surface area contributed by atoms with E-state index in [9.17, 15) is 9.59 Å². The largest absolute Gasteiger partial charge is 0.491 e. The summed E-state index contributed by atoms with van der Waals surface area (Å²) in [5.74, 6) is -0.218. The summed E-state index contributed by atoms with van der Waals surface area (Å²) in [6, 6.07) is 6.53. The van der Waals surface area contributed by atoms with Gasteiger partial charge in [0.2, 0.25) is 0 Å². The molecule has 6 heteroatoms. The van der Waals surface area contributed by atoms with Crippen molar-refractivity contribution in [3.05, 3.63) is 29.8 Å². The number of rotatable bonds is 7. The molecular weight excluding hydrogens is 252 g/mol. The van der Waals surface area contributed by atoms with Crippen molar-refractivity contribution in [1.29, 1.82) is 0 Å². The first-order valence-electron chi connectivity index (χ1n) is 5.63. The van der Waals surface area contributed by atoms with Crippen molar-refractivity contribution in [2.24, 2.45) is 0 Å². The van der Waals surface area contributed by atoms with Gasteiger partial charge in [0.1, 0.15) is 19.0 Å². The summed E-state index contributed by atoms with van der Waals surface area (Å²) in [5, 5.41) is 0. The van der Waals surface area contributed by atoms with Crippen molar-refractivity contribution in [2.45, 2.75) is 0 Å². The van der Waals surface area contributed by atoms with Gasteiger partial charge in [0.15, 0.2) is 0 Å². The van der Waals surface area contributed by atoms with E-state index in [1.165, 1.54) is 14.2 Å². The van der Waals surface area contributed by atoms with Crippen molar-refractivity contribution >= 4 is 11.9 Å². The van der Waals surface area contributed by atoms with E-state index < -0.39 is 11.9 Å². The number of carbonyl (C=O) groups excluding carboxylic acids is 2. The van der Waals surface area contributed by atoms with Crippen molar-refractivity contribution in [3.8, 4) is 5.75 Å². The molecule has 0 atom stereocenters. The molecule has 0 N–H and O–H groups in total. The number of benzene rings is 1. The van der Waals surface area contributed by atoms with Crippen LogP contribution >= 0.6 is 0 Å². The van der Waals surface area contributed by atoms with Gasteiger partial charge in [0.25, 0.3) is 0 Å². The van der Waals surface area contributed by atoms with Gasteiger partial charge in [-0.3, -0.25) is 0 Å². The number of hydrogen-bond donors (Lipinski definition) is 0. The summed E-state index contributed by atoms with van der Waals surface area (Å²) >= 11 is 0. The maximum atomic E-state index is 11.2. The lowest BCUT2D eigenvalue weighted by molar-refractivity contribution is -0.146. The van der Waals surface area contributed by atoms with Gasteiger partial charge < -0.3 is 18.9 Å². The van der Waals surface area contributed by atoms with Crippen LogP contribution in [0.3, 0.4) is 0 Å². The molecule has 6 nitrogen and oxygen atoms in total. The summed E-state index contributed by atoms with van der Waals surface area (Å²) in [4.78, 5) is 21.9. The molecule has 104 valence electrons. The maximum absolute atomic E-state index is 11.2. The maximum Gasteiger partial charge on any atom is 0.337 e. The summed E-state index contributed by atoms with van der Waals surface area (Å²) in [7, 11) is 2.62. The minimum atomic E-state index is -0.428. The van der Waals surface area contributed by atoms with Crippen LogP contribution in [0.5, 0.6) is 5.75 Å². The molecule has 0 spiro atoms. The number of esters is 2. The molecule has 1 aromatic rings. The molecule has 0 heterocycles. The first kappa shape index (κ1) is 15.0. The van der Waals surface area contributed by atoms with Gasteiger partial charge in [0, 0.05) is 0 Å². The Labute approximate surface area is 111 Å². The van der Waals surface area contributed by atoms with E-state index in [4.69, 9.17) is 9.47 Å². The monoisotopic (exact) mass is 268 g/mol. The smallest absolute Gasteiger partial charge is 0.337 e. The Hall–Kier alpha value is -2.08. The molecule has 0 bridgehead atoms. The lowest BCUT2D eigenvalue weighted by Gasteiger charge is -2.07. The third-order valence-corrected chi connectivity index (χ3v) is 2.22. The van der Waals surface area contributed by atoms with Crippen LogP contribution in [0.25, 0.3) is 0 Å². The molecule has 0 saturated carbocycles. The molecule has 0 aliphatic carbocycles. The van der Waals surface area contributed by atoms with Gasteiger partial charge in [-0.2, -0.15) is 0 Å². The first-order valence-corrected chi connectivity index (χ1v) is 5.63. The normalized spacial score (nSPS) is 9.79. The Morgan fingerprint density at radius 2 is 1.68 bits per heavy atom. The van der Waals surface area contributed by atoms with E-state index >= 15 is 0 Å². The van der Waals surface area contributed by atoms with Crippen LogP contribution in [-0.2, 0) is 19.0 Å². The topological polar surface area (TPSA) is 71.1 Å². The van der Waals surface area contributed by atoms with Crippen molar-refractivity contribution in [3.63, 3.8) is 0 Å². The lowest BCUT2D eigenvalue weighted by atomic mass is 10.2. The van der Waals surface area contributed by atoms with Crippen molar-refractivity contribution in [1.82, 2.24) is 0 Å². The molecule has 0 aliphatic heterocycles. The third-order valence-electron chi connectivity index (χ3n) is 2.22. The number of ether oxygens (including phenoxy) is 4. The molecule has 0 aromatic heterocycles. The minimum Gasteiger partial charge on any atom is -0.491 e. The van der Waals surface area contributed by atoms with Crippen LogP contribution in [0.2, 0.25) is 0 Å². The molecule has 0 fully saturated rings. The fourth-order valence-electron chi connectivity index (χ4n) is 1.24. The summed E-state index contributed by atoms with van der Waals surface area (Å²) in [6.45, 7) is 0.476. The van der Waals surface area contributed by atoms with E-state index in [-0.39, 0.29) is 13.2 Å². The molecule has 0 saturated heterocycles. The lowest BCUT2D eigenvalue weighted by Crippen LogP contribution is -2.14. The zero-order valence-corrected chi connectivity index (χ0v) is 10.9. The molecule has 19 heavy (non-hydrogen) atoms. The van der Waals surface area contributed by atoms with Crippen molar-refractivity contribution in [2.75, 3.05) is 34.0 Å². The highest BCUT2D eigenvalue weighted by Crippen LogP contribution is 2.12. The fourth-order valence-corrected chi connectivity index (χ4v) is 1.24. The Balaban J connectivity index is 2.26. The van der Waals surface area contributed by atoms with Crippen LogP contribution in [0.1, 0.15) is 10.4 Å². The number of carbonyl (C=O) groups is 2. The standard InChI is InChI=1S/C13H16O6/c1-16-12(14)9-18-7-8-19-11-5-3-10(4-6-11)13(15)17-2/h3-6H,7-9H2,1-2H3. The van der Waals surface area contributed by atoms with Gasteiger partial charge in [-0.05, 0) is 24.3 Å². The van der Waals surface area contributed by atoms with Gasteiger partial charge >= 0.3 is 11.9 Å². The average molecular weight is 268 g/mol. The molecule has 0 unspecified atom stereocenters.